The number of aromatic nitrogens is 1. The zero-order chi connectivity index (χ0) is 25.2. The van der Waals surface area contributed by atoms with Gasteiger partial charge in [0.2, 0.25) is 5.91 Å². The summed E-state index contributed by atoms with van der Waals surface area (Å²) in [4.78, 5) is 20.5. The fourth-order valence-electron chi connectivity index (χ4n) is 3.96. The van der Waals surface area contributed by atoms with Gasteiger partial charge in [0.05, 0.1) is 6.54 Å². The normalized spacial score (nSPS) is 15.7. The summed E-state index contributed by atoms with van der Waals surface area (Å²) < 4.78 is 35.1. The second kappa shape index (κ2) is 10.2. The van der Waals surface area contributed by atoms with Gasteiger partial charge in [0.15, 0.2) is 0 Å². The average Bonchev–Trinajstić information content (AvgIpc) is 3.15. The van der Waals surface area contributed by atoms with Crippen molar-refractivity contribution in [1.29, 1.82) is 0 Å². The first-order valence-electron chi connectivity index (χ1n) is 11.5. The number of piperazine rings is 1. The molecule has 9 nitrogen and oxygen atoms in total. The molecule has 1 amide bonds. The van der Waals surface area contributed by atoms with E-state index in [2.05, 4.69) is 14.6 Å². The molecule has 2 aromatic heterocycles. The summed E-state index contributed by atoms with van der Waals surface area (Å²) in [7, 11) is 0.0405. The fraction of sp³-hybridized carbons (Fsp3) is 0.360. The van der Waals surface area contributed by atoms with Gasteiger partial charge in [0.25, 0.3) is 0 Å². The molecular formula is C25H31N5O4S. The van der Waals surface area contributed by atoms with E-state index >= 15 is 0 Å². The highest BCUT2D eigenvalue weighted by Crippen LogP contribution is 2.28. The maximum Gasteiger partial charge on any atom is 0.302 e. The number of amides is 1. The van der Waals surface area contributed by atoms with Gasteiger partial charge in [-0.3, -0.25) is 9.52 Å². The minimum atomic E-state index is -3.65. The van der Waals surface area contributed by atoms with Crippen molar-refractivity contribution < 1.29 is 17.6 Å². The van der Waals surface area contributed by atoms with Crippen molar-refractivity contribution in [1.82, 2.24) is 19.1 Å². The molecule has 0 aliphatic carbocycles. The molecule has 1 N–H and O–H groups in total. The fourth-order valence-corrected chi connectivity index (χ4v) is 5.12. The van der Waals surface area contributed by atoms with E-state index in [1.807, 2.05) is 39.1 Å². The monoisotopic (exact) mass is 497 g/mol. The lowest BCUT2D eigenvalue weighted by Crippen LogP contribution is -2.48. The number of hydrogen-bond acceptors (Lipinski definition) is 6. The average molecular weight is 498 g/mol. The summed E-state index contributed by atoms with van der Waals surface area (Å²) in [6.45, 7) is 6.62. The Balaban J connectivity index is 1.36. The molecule has 1 aliphatic heterocycles. The zero-order valence-corrected chi connectivity index (χ0v) is 21.3. The summed E-state index contributed by atoms with van der Waals surface area (Å²) in [5, 5.41) is 1.06. The summed E-state index contributed by atoms with van der Waals surface area (Å²) in [6.07, 6.45) is 4.65. The number of carbonyl (C=O) groups is 1. The molecule has 35 heavy (non-hydrogen) atoms. The summed E-state index contributed by atoms with van der Waals surface area (Å²) in [5.41, 5.74) is 3.63. The number of carbonyl (C=O) groups excluding carboxylic acids is 1. The zero-order valence-electron chi connectivity index (χ0n) is 20.5. The van der Waals surface area contributed by atoms with Crippen LogP contribution in [0.1, 0.15) is 22.5 Å². The molecule has 0 unspecified atom stereocenters. The van der Waals surface area contributed by atoms with Crippen LogP contribution in [0.5, 0.6) is 0 Å². The highest BCUT2D eigenvalue weighted by molar-refractivity contribution is 7.90. The molecule has 1 saturated heterocycles. The SMILES string of the molecule is Cc1c(CN(C)C(=O)/C=C/c2ccc(NS(=O)(=O)N3CCN(C)CC3)nc2)oc2c(C)cccc12. The van der Waals surface area contributed by atoms with E-state index < -0.39 is 10.2 Å². The molecular weight excluding hydrogens is 466 g/mol. The van der Waals surface area contributed by atoms with Gasteiger partial charge in [-0.05, 0) is 50.2 Å². The third-order valence-corrected chi connectivity index (χ3v) is 7.77. The molecule has 186 valence electrons. The Labute approximate surface area is 206 Å². The van der Waals surface area contributed by atoms with Gasteiger partial charge in [-0.25, -0.2) is 4.98 Å². The minimum Gasteiger partial charge on any atom is -0.459 e. The molecule has 0 atom stereocenters. The predicted molar refractivity (Wildman–Crippen MR) is 137 cm³/mol. The first kappa shape index (κ1) is 24.9. The number of likely N-dealkylation sites (N-methyl/N-ethyl adjacent to an activating group) is 2. The van der Waals surface area contributed by atoms with E-state index in [0.717, 1.165) is 27.9 Å². The van der Waals surface area contributed by atoms with E-state index in [4.69, 9.17) is 4.42 Å². The number of anilines is 1. The van der Waals surface area contributed by atoms with E-state index in [9.17, 15) is 13.2 Å². The number of pyridine rings is 1. The number of nitrogens with zero attached hydrogens (tertiary/aromatic N) is 4. The topological polar surface area (TPSA) is 99.0 Å². The highest BCUT2D eigenvalue weighted by Gasteiger charge is 2.25. The van der Waals surface area contributed by atoms with Gasteiger partial charge < -0.3 is 14.2 Å². The van der Waals surface area contributed by atoms with Gasteiger partial charge in [0.1, 0.15) is 17.2 Å². The Morgan fingerprint density at radius 2 is 1.91 bits per heavy atom. The van der Waals surface area contributed by atoms with Crippen LogP contribution in [-0.4, -0.2) is 73.7 Å². The summed E-state index contributed by atoms with van der Waals surface area (Å²) in [6, 6.07) is 9.32. The second-order valence-electron chi connectivity index (χ2n) is 8.92. The predicted octanol–water partition coefficient (Wildman–Crippen LogP) is 3.02. The molecule has 0 radical (unpaired) electrons. The number of hydrogen-bond donors (Lipinski definition) is 1. The molecule has 3 aromatic rings. The molecule has 4 rings (SSSR count). The van der Waals surface area contributed by atoms with Crippen LogP contribution in [0.15, 0.2) is 47.0 Å². The first-order chi connectivity index (χ1) is 16.6. The standard InChI is InChI=1S/C25H31N5O4S/c1-18-6-5-7-21-19(2)22(34-25(18)21)17-29(4)24(31)11-9-20-8-10-23(26-16-20)27-35(32,33)30-14-12-28(3)13-15-30/h5-11,16H,12-15,17H2,1-4H3,(H,26,27)/b11-9+. The number of fused-ring (bicyclic) bond motifs is 1. The molecule has 1 aromatic carbocycles. The lowest BCUT2D eigenvalue weighted by atomic mass is 10.1. The Kier molecular flexibility index (Phi) is 7.25. The minimum absolute atomic E-state index is 0.179. The second-order valence-corrected chi connectivity index (χ2v) is 10.6. The lowest BCUT2D eigenvalue weighted by Gasteiger charge is -2.31. The van der Waals surface area contributed by atoms with Crippen LogP contribution in [-0.2, 0) is 21.5 Å². The third-order valence-electron chi connectivity index (χ3n) is 6.26. The van der Waals surface area contributed by atoms with Gasteiger partial charge >= 0.3 is 10.2 Å². The Morgan fingerprint density at radius 3 is 2.57 bits per heavy atom. The van der Waals surface area contributed by atoms with Crippen LogP contribution in [0, 0.1) is 13.8 Å². The number of nitrogens with one attached hydrogen (secondary N) is 1. The highest BCUT2D eigenvalue weighted by atomic mass is 32.2. The lowest BCUT2D eigenvalue weighted by molar-refractivity contribution is -0.125. The van der Waals surface area contributed by atoms with Crippen LogP contribution in [0.25, 0.3) is 17.0 Å². The molecule has 0 bridgehead atoms. The van der Waals surface area contributed by atoms with Crippen LogP contribution >= 0.6 is 0 Å². The van der Waals surface area contributed by atoms with E-state index in [1.54, 1.807) is 30.2 Å². The van der Waals surface area contributed by atoms with Crippen LogP contribution < -0.4 is 4.72 Å². The van der Waals surface area contributed by atoms with Gasteiger partial charge in [-0.15, -0.1) is 0 Å². The quantitative estimate of drug-likeness (QED) is 0.504. The van der Waals surface area contributed by atoms with Crippen LogP contribution in [0.3, 0.4) is 0 Å². The Bertz CT molecular complexity index is 1340. The maximum atomic E-state index is 12.6. The van der Waals surface area contributed by atoms with Crippen molar-refractivity contribution in [2.45, 2.75) is 20.4 Å². The van der Waals surface area contributed by atoms with Gasteiger partial charge in [-0.2, -0.15) is 12.7 Å². The smallest absolute Gasteiger partial charge is 0.302 e. The number of benzene rings is 1. The van der Waals surface area contributed by atoms with Crippen LogP contribution in [0.2, 0.25) is 0 Å². The van der Waals surface area contributed by atoms with E-state index in [-0.39, 0.29) is 11.7 Å². The number of aryl methyl sites for hydroxylation is 2. The third kappa shape index (κ3) is 5.72. The number of para-hydroxylation sites is 1. The molecule has 1 fully saturated rings. The van der Waals surface area contributed by atoms with E-state index in [1.165, 1.54) is 16.6 Å². The van der Waals surface area contributed by atoms with Crippen LogP contribution in [0.4, 0.5) is 5.82 Å². The largest absolute Gasteiger partial charge is 0.459 e. The molecule has 1 aliphatic rings. The molecule has 0 spiro atoms. The van der Waals surface area contributed by atoms with Crippen molar-refractivity contribution in [2.75, 3.05) is 45.0 Å². The first-order valence-corrected chi connectivity index (χ1v) is 12.9. The van der Waals surface area contributed by atoms with Crippen molar-refractivity contribution in [2.24, 2.45) is 0 Å². The summed E-state index contributed by atoms with van der Waals surface area (Å²) in [5.74, 6) is 0.818. The van der Waals surface area contributed by atoms with Gasteiger partial charge in [0, 0.05) is 56.4 Å². The number of rotatable bonds is 7. The van der Waals surface area contributed by atoms with Crippen molar-refractivity contribution >= 4 is 39.0 Å². The molecule has 3 heterocycles. The maximum absolute atomic E-state index is 12.6. The van der Waals surface area contributed by atoms with Crippen molar-refractivity contribution in [3.8, 4) is 0 Å². The number of furan rings is 1. The Hall–Kier alpha value is -3.21. The summed E-state index contributed by atoms with van der Waals surface area (Å²) >= 11 is 0. The van der Waals surface area contributed by atoms with Crippen molar-refractivity contribution in [3.05, 3.63) is 65.1 Å². The van der Waals surface area contributed by atoms with Gasteiger partial charge in [-0.1, -0.05) is 18.2 Å². The molecule has 0 saturated carbocycles. The molecule has 10 heteroatoms. The Morgan fingerprint density at radius 1 is 1.17 bits per heavy atom. The van der Waals surface area contributed by atoms with E-state index in [0.29, 0.717) is 38.3 Å². The van der Waals surface area contributed by atoms with Crippen molar-refractivity contribution in [3.63, 3.8) is 0 Å².